The standard InChI is InChI=1S/C27H34FN3O2/c1-18-8-4-7-11-24(18)26(32)29-25-15-23(28)14-22(20(25)3)17-30-12-13-31(19(2)16-30)27(33)21-9-5-6-10-21/h4,7-8,11,14-15,19,21H,5-6,9-10,12-13,16-17H2,1-3H3,(H,29,32). The normalized spacial score (nSPS) is 19.6. The van der Waals surface area contributed by atoms with Crippen molar-refractivity contribution in [1.82, 2.24) is 9.80 Å². The molecule has 6 heteroatoms. The van der Waals surface area contributed by atoms with Gasteiger partial charge in [-0.15, -0.1) is 0 Å². The van der Waals surface area contributed by atoms with E-state index >= 15 is 0 Å². The molecule has 2 amide bonds. The van der Waals surface area contributed by atoms with Gasteiger partial charge in [0.1, 0.15) is 5.82 Å². The molecule has 0 spiro atoms. The van der Waals surface area contributed by atoms with Crippen LogP contribution >= 0.6 is 0 Å². The number of anilines is 1. The molecule has 33 heavy (non-hydrogen) atoms. The SMILES string of the molecule is Cc1ccccc1C(=O)Nc1cc(F)cc(CN2CCN(C(=O)C3CCCC3)C(C)C2)c1C. The average molecular weight is 452 g/mol. The molecule has 1 atom stereocenters. The Morgan fingerprint density at radius 1 is 1.09 bits per heavy atom. The molecular formula is C27H34FN3O2. The van der Waals surface area contributed by atoms with E-state index in [0.29, 0.717) is 30.2 Å². The van der Waals surface area contributed by atoms with Crippen LogP contribution in [0.1, 0.15) is 59.7 Å². The zero-order valence-corrected chi connectivity index (χ0v) is 19.9. The van der Waals surface area contributed by atoms with Crippen LogP contribution in [0.2, 0.25) is 0 Å². The lowest BCUT2D eigenvalue weighted by atomic mass is 10.0. The van der Waals surface area contributed by atoms with E-state index in [1.165, 1.54) is 6.07 Å². The first-order valence-electron chi connectivity index (χ1n) is 12.0. The highest BCUT2D eigenvalue weighted by Crippen LogP contribution is 2.29. The Hall–Kier alpha value is -2.73. The first kappa shape index (κ1) is 23.4. The van der Waals surface area contributed by atoms with Crippen molar-refractivity contribution < 1.29 is 14.0 Å². The van der Waals surface area contributed by atoms with Crippen molar-refractivity contribution >= 4 is 17.5 Å². The van der Waals surface area contributed by atoms with E-state index in [0.717, 1.165) is 55.5 Å². The lowest BCUT2D eigenvalue weighted by Gasteiger charge is -2.41. The molecule has 1 saturated heterocycles. The van der Waals surface area contributed by atoms with Crippen LogP contribution in [0, 0.1) is 25.6 Å². The van der Waals surface area contributed by atoms with Crippen molar-refractivity contribution in [2.75, 3.05) is 25.0 Å². The summed E-state index contributed by atoms with van der Waals surface area (Å²) >= 11 is 0. The number of aryl methyl sites for hydroxylation is 1. The minimum absolute atomic E-state index is 0.140. The molecule has 0 aromatic heterocycles. The number of rotatable bonds is 5. The van der Waals surface area contributed by atoms with Gasteiger partial charge in [-0.25, -0.2) is 4.39 Å². The predicted molar refractivity (Wildman–Crippen MR) is 129 cm³/mol. The third kappa shape index (κ3) is 5.27. The van der Waals surface area contributed by atoms with Gasteiger partial charge in [0.2, 0.25) is 5.91 Å². The summed E-state index contributed by atoms with van der Waals surface area (Å²) in [5.41, 5.74) is 3.69. The summed E-state index contributed by atoms with van der Waals surface area (Å²) in [6.07, 6.45) is 4.36. The molecule has 5 nitrogen and oxygen atoms in total. The van der Waals surface area contributed by atoms with Gasteiger partial charge in [0.15, 0.2) is 0 Å². The molecule has 0 bridgehead atoms. The molecule has 1 heterocycles. The third-order valence-corrected chi connectivity index (χ3v) is 7.21. The zero-order valence-electron chi connectivity index (χ0n) is 19.9. The number of amides is 2. The molecule has 1 aliphatic heterocycles. The summed E-state index contributed by atoms with van der Waals surface area (Å²) in [6.45, 7) is 8.74. The fourth-order valence-electron chi connectivity index (χ4n) is 5.20. The van der Waals surface area contributed by atoms with Gasteiger partial charge in [-0.2, -0.15) is 0 Å². The Bertz CT molecular complexity index is 1030. The second-order valence-corrected chi connectivity index (χ2v) is 9.60. The summed E-state index contributed by atoms with van der Waals surface area (Å²) < 4.78 is 14.5. The first-order valence-corrected chi connectivity index (χ1v) is 12.0. The Labute approximate surface area is 196 Å². The van der Waals surface area contributed by atoms with Crippen LogP contribution in [-0.2, 0) is 11.3 Å². The summed E-state index contributed by atoms with van der Waals surface area (Å²) in [7, 11) is 0. The van der Waals surface area contributed by atoms with Crippen LogP contribution < -0.4 is 5.32 Å². The Morgan fingerprint density at radius 2 is 1.82 bits per heavy atom. The molecule has 176 valence electrons. The fourth-order valence-corrected chi connectivity index (χ4v) is 5.20. The average Bonchev–Trinajstić information content (AvgIpc) is 3.32. The van der Waals surface area contributed by atoms with E-state index in [9.17, 15) is 14.0 Å². The van der Waals surface area contributed by atoms with E-state index in [2.05, 4.69) is 17.1 Å². The highest BCUT2D eigenvalue weighted by molar-refractivity contribution is 6.05. The van der Waals surface area contributed by atoms with Gasteiger partial charge < -0.3 is 10.2 Å². The van der Waals surface area contributed by atoms with Crippen molar-refractivity contribution in [2.45, 2.75) is 59.0 Å². The zero-order chi connectivity index (χ0) is 23.5. The van der Waals surface area contributed by atoms with Gasteiger partial charge in [0.25, 0.3) is 5.91 Å². The van der Waals surface area contributed by atoms with Crippen LogP contribution in [0.5, 0.6) is 0 Å². The third-order valence-electron chi connectivity index (χ3n) is 7.21. The van der Waals surface area contributed by atoms with Crippen LogP contribution in [-0.4, -0.2) is 47.3 Å². The largest absolute Gasteiger partial charge is 0.337 e. The molecule has 2 fully saturated rings. The van der Waals surface area contributed by atoms with Crippen LogP contribution in [0.3, 0.4) is 0 Å². The van der Waals surface area contributed by atoms with Crippen molar-refractivity contribution in [3.63, 3.8) is 0 Å². The molecule has 1 N–H and O–H groups in total. The Morgan fingerprint density at radius 3 is 2.52 bits per heavy atom. The lowest BCUT2D eigenvalue weighted by molar-refractivity contribution is -0.140. The van der Waals surface area contributed by atoms with E-state index in [4.69, 9.17) is 0 Å². The number of nitrogens with zero attached hydrogens (tertiary/aromatic N) is 2. The summed E-state index contributed by atoms with van der Waals surface area (Å²) in [5, 5.41) is 2.90. The van der Waals surface area contributed by atoms with E-state index < -0.39 is 0 Å². The van der Waals surface area contributed by atoms with Gasteiger partial charge in [0.05, 0.1) is 0 Å². The van der Waals surface area contributed by atoms with Crippen molar-refractivity contribution in [3.05, 3.63) is 64.5 Å². The molecule has 0 radical (unpaired) electrons. The van der Waals surface area contributed by atoms with Crippen molar-refractivity contribution in [1.29, 1.82) is 0 Å². The molecule has 2 aromatic rings. The monoisotopic (exact) mass is 451 g/mol. The summed E-state index contributed by atoms with van der Waals surface area (Å²) in [4.78, 5) is 30.0. The molecule has 2 aliphatic rings. The number of carbonyl (C=O) groups is 2. The quantitative estimate of drug-likeness (QED) is 0.702. The summed E-state index contributed by atoms with van der Waals surface area (Å²) in [6, 6.07) is 10.4. The maximum atomic E-state index is 14.5. The molecule has 1 aliphatic carbocycles. The van der Waals surface area contributed by atoms with Crippen LogP contribution in [0.4, 0.5) is 10.1 Å². The summed E-state index contributed by atoms with van der Waals surface area (Å²) in [5.74, 6) is -0.0918. The predicted octanol–water partition coefficient (Wildman–Crippen LogP) is 4.92. The molecule has 2 aromatic carbocycles. The fraction of sp³-hybridized carbons (Fsp3) is 0.481. The minimum Gasteiger partial charge on any atom is -0.337 e. The van der Waals surface area contributed by atoms with E-state index in [1.807, 2.05) is 36.9 Å². The van der Waals surface area contributed by atoms with Gasteiger partial charge in [0, 0.05) is 49.4 Å². The van der Waals surface area contributed by atoms with Gasteiger partial charge >= 0.3 is 0 Å². The molecular weight excluding hydrogens is 417 g/mol. The number of hydrogen-bond donors (Lipinski definition) is 1. The first-order chi connectivity index (χ1) is 15.8. The highest BCUT2D eigenvalue weighted by atomic mass is 19.1. The number of benzene rings is 2. The van der Waals surface area contributed by atoms with Gasteiger partial charge in [-0.05, 0) is 68.5 Å². The number of hydrogen-bond acceptors (Lipinski definition) is 3. The van der Waals surface area contributed by atoms with Crippen molar-refractivity contribution in [3.8, 4) is 0 Å². The van der Waals surface area contributed by atoms with Gasteiger partial charge in [-0.1, -0.05) is 31.0 Å². The molecule has 1 unspecified atom stereocenters. The maximum absolute atomic E-state index is 14.5. The van der Waals surface area contributed by atoms with Crippen molar-refractivity contribution in [2.24, 2.45) is 5.92 Å². The number of nitrogens with one attached hydrogen (secondary N) is 1. The highest BCUT2D eigenvalue weighted by Gasteiger charge is 2.33. The smallest absolute Gasteiger partial charge is 0.255 e. The second kappa shape index (κ2) is 10.0. The number of piperazine rings is 1. The minimum atomic E-state index is -0.362. The van der Waals surface area contributed by atoms with E-state index in [-0.39, 0.29) is 23.7 Å². The maximum Gasteiger partial charge on any atom is 0.255 e. The van der Waals surface area contributed by atoms with Gasteiger partial charge in [-0.3, -0.25) is 14.5 Å². The topological polar surface area (TPSA) is 52.7 Å². The van der Waals surface area contributed by atoms with Crippen LogP contribution in [0.15, 0.2) is 36.4 Å². The van der Waals surface area contributed by atoms with Crippen LogP contribution in [0.25, 0.3) is 0 Å². The van der Waals surface area contributed by atoms with E-state index in [1.54, 1.807) is 12.1 Å². The Kier molecular flexibility index (Phi) is 7.13. The number of carbonyl (C=O) groups excluding carboxylic acids is 2. The molecule has 1 saturated carbocycles. The number of halogens is 1. The Balaban J connectivity index is 1.43. The second-order valence-electron chi connectivity index (χ2n) is 9.60. The lowest BCUT2D eigenvalue weighted by Crippen LogP contribution is -2.54. The molecule has 4 rings (SSSR count).